The third-order valence-corrected chi connectivity index (χ3v) is 4.66. The number of carbonyl (C=O) groups excluding carboxylic acids is 2. The van der Waals surface area contributed by atoms with Gasteiger partial charge in [0.05, 0.1) is 18.2 Å². The molecule has 0 amide bonds. The Morgan fingerprint density at radius 1 is 0.833 bits per heavy atom. The molecule has 2 aromatic rings. The van der Waals surface area contributed by atoms with Crippen LogP contribution in [0.3, 0.4) is 0 Å². The summed E-state index contributed by atoms with van der Waals surface area (Å²) in [4.78, 5) is 24.6. The maximum absolute atomic E-state index is 12.3. The van der Waals surface area contributed by atoms with Gasteiger partial charge >= 0.3 is 11.9 Å². The summed E-state index contributed by atoms with van der Waals surface area (Å²) in [6, 6.07) is 13.7. The third kappa shape index (κ3) is 5.58. The number of hydrogen-bond donors (Lipinski definition) is 0. The molecule has 7 nitrogen and oxygen atoms in total. The Bertz CT molecular complexity index is 871. The second kappa shape index (κ2) is 9.28. The standard InChI is InChI=1S/C23H26O7/c1-15-5-7-16(8-6-15)21(24)27-13-19-20(30-23(2,3)29-19)14-28-22(25)17-9-11-18(26-4)12-10-17/h5-12,19-20H,13-14H2,1-4H3/t19-,20-/m1/s1. The van der Waals surface area contributed by atoms with Gasteiger partial charge < -0.3 is 23.7 Å². The molecule has 1 fully saturated rings. The van der Waals surface area contributed by atoms with Gasteiger partial charge in [-0.15, -0.1) is 0 Å². The molecule has 3 rings (SSSR count). The van der Waals surface area contributed by atoms with E-state index in [0.717, 1.165) is 5.56 Å². The Kier molecular flexibility index (Phi) is 6.74. The monoisotopic (exact) mass is 414 g/mol. The molecular formula is C23H26O7. The van der Waals surface area contributed by atoms with Crippen molar-refractivity contribution in [3.63, 3.8) is 0 Å². The summed E-state index contributed by atoms with van der Waals surface area (Å²) >= 11 is 0. The van der Waals surface area contributed by atoms with E-state index in [-0.39, 0.29) is 13.2 Å². The highest BCUT2D eigenvalue weighted by atomic mass is 16.8. The first-order valence-corrected chi connectivity index (χ1v) is 9.68. The van der Waals surface area contributed by atoms with Crippen molar-refractivity contribution < 1.29 is 33.3 Å². The number of rotatable bonds is 7. The fourth-order valence-corrected chi connectivity index (χ4v) is 3.09. The van der Waals surface area contributed by atoms with Crippen LogP contribution in [0.25, 0.3) is 0 Å². The molecule has 0 aliphatic carbocycles. The third-order valence-electron chi connectivity index (χ3n) is 4.66. The van der Waals surface area contributed by atoms with Crippen molar-refractivity contribution in [1.29, 1.82) is 0 Å². The SMILES string of the molecule is COc1ccc(C(=O)OC[C@H]2OC(C)(C)O[C@@H]2COC(=O)c2ccc(C)cc2)cc1. The van der Waals surface area contributed by atoms with Gasteiger partial charge in [0.2, 0.25) is 0 Å². The number of methoxy groups -OCH3 is 1. The Morgan fingerprint density at radius 3 is 1.70 bits per heavy atom. The molecule has 2 aromatic carbocycles. The van der Waals surface area contributed by atoms with Gasteiger partial charge in [0.15, 0.2) is 5.79 Å². The maximum Gasteiger partial charge on any atom is 0.338 e. The molecule has 1 aliphatic rings. The predicted molar refractivity (Wildman–Crippen MR) is 109 cm³/mol. The van der Waals surface area contributed by atoms with E-state index >= 15 is 0 Å². The molecule has 2 atom stereocenters. The minimum absolute atomic E-state index is 0.0130. The smallest absolute Gasteiger partial charge is 0.338 e. The van der Waals surface area contributed by atoms with Gasteiger partial charge in [-0.1, -0.05) is 17.7 Å². The summed E-state index contributed by atoms with van der Waals surface area (Å²) in [7, 11) is 1.55. The molecular weight excluding hydrogens is 388 g/mol. The molecule has 160 valence electrons. The Hall–Kier alpha value is -2.90. The highest BCUT2D eigenvalue weighted by Crippen LogP contribution is 2.29. The van der Waals surface area contributed by atoms with Gasteiger partial charge in [-0.2, -0.15) is 0 Å². The van der Waals surface area contributed by atoms with E-state index in [9.17, 15) is 9.59 Å². The lowest BCUT2D eigenvalue weighted by molar-refractivity contribution is -0.151. The zero-order chi connectivity index (χ0) is 21.7. The average molecular weight is 414 g/mol. The first-order chi connectivity index (χ1) is 14.3. The zero-order valence-corrected chi connectivity index (χ0v) is 17.5. The van der Waals surface area contributed by atoms with E-state index in [2.05, 4.69) is 0 Å². The predicted octanol–water partition coefficient (Wildman–Crippen LogP) is 3.54. The van der Waals surface area contributed by atoms with Crippen LogP contribution in [0.4, 0.5) is 0 Å². The molecule has 1 heterocycles. The molecule has 30 heavy (non-hydrogen) atoms. The van der Waals surface area contributed by atoms with Crippen molar-refractivity contribution in [2.45, 2.75) is 38.8 Å². The molecule has 0 N–H and O–H groups in total. The van der Waals surface area contributed by atoms with Crippen LogP contribution in [0.5, 0.6) is 5.75 Å². The maximum atomic E-state index is 12.3. The zero-order valence-electron chi connectivity index (χ0n) is 17.5. The second-order valence-electron chi connectivity index (χ2n) is 7.50. The van der Waals surface area contributed by atoms with E-state index in [1.165, 1.54) is 0 Å². The first kappa shape index (κ1) is 21.8. The topological polar surface area (TPSA) is 80.3 Å². The van der Waals surface area contributed by atoms with Crippen molar-refractivity contribution in [1.82, 2.24) is 0 Å². The first-order valence-electron chi connectivity index (χ1n) is 9.68. The summed E-state index contributed by atoms with van der Waals surface area (Å²) in [5.41, 5.74) is 1.91. The number of hydrogen-bond acceptors (Lipinski definition) is 7. The molecule has 1 saturated heterocycles. The Morgan fingerprint density at radius 2 is 1.27 bits per heavy atom. The second-order valence-corrected chi connectivity index (χ2v) is 7.50. The fraction of sp³-hybridized carbons (Fsp3) is 0.391. The lowest BCUT2D eigenvalue weighted by Gasteiger charge is -2.17. The van der Waals surface area contributed by atoms with Gasteiger partial charge in [0.25, 0.3) is 0 Å². The molecule has 7 heteroatoms. The van der Waals surface area contributed by atoms with E-state index < -0.39 is 29.9 Å². The van der Waals surface area contributed by atoms with Crippen LogP contribution in [0.15, 0.2) is 48.5 Å². The van der Waals surface area contributed by atoms with Crippen LogP contribution >= 0.6 is 0 Å². The van der Waals surface area contributed by atoms with Crippen molar-refractivity contribution in [3.8, 4) is 5.75 Å². The van der Waals surface area contributed by atoms with Crippen LogP contribution < -0.4 is 4.74 Å². The lowest BCUT2D eigenvalue weighted by Crippen LogP contribution is -2.33. The van der Waals surface area contributed by atoms with E-state index in [1.807, 2.05) is 19.1 Å². The highest BCUT2D eigenvalue weighted by Gasteiger charge is 2.42. The summed E-state index contributed by atoms with van der Waals surface area (Å²) in [6.07, 6.45) is -1.12. The quantitative estimate of drug-likeness (QED) is 0.641. The molecule has 0 aromatic heterocycles. The largest absolute Gasteiger partial charge is 0.497 e. The number of ether oxygens (including phenoxy) is 5. The Labute approximate surface area is 175 Å². The lowest BCUT2D eigenvalue weighted by atomic mass is 10.1. The number of benzene rings is 2. The number of carbonyl (C=O) groups is 2. The molecule has 1 aliphatic heterocycles. The molecule has 0 unspecified atom stereocenters. The Balaban J connectivity index is 1.56. The van der Waals surface area contributed by atoms with Crippen molar-refractivity contribution in [2.75, 3.05) is 20.3 Å². The summed E-state index contributed by atoms with van der Waals surface area (Å²) < 4.78 is 27.5. The number of aryl methyl sites for hydroxylation is 1. The summed E-state index contributed by atoms with van der Waals surface area (Å²) in [6.45, 7) is 5.42. The summed E-state index contributed by atoms with van der Waals surface area (Å²) in [5, 5.41) is 0. The minimum Gasteiger partial charge on any atom is -0.497 e. The molecule has 0 bridgehead atoms. The highest BCUT2D eigenvalue weighted by molar-refractivity contribution is 5.90. The van der Waals surface area contributed by atoms with Gasteiger partial charge in [0.1, 0.15) is 31.2 Å². The summed E-state index contributed by atoms with van der Waals surface area (Å²) in [5.74, 6) is -1.16. The van der Waals surface area contributed by atoms with Crippen molar-refractivity contribution >= 4 is 11.9 Å². The van der Waals surface area contributed by atoms with Crippen LogP contribution in [-0.2, 0) is 18.9 Å². The van der Waals surface area contributed by atoms with E-state index in [1.54, 1.807) is 57.4 Å². The van der Waals surface area contributed by atoms with Gasteiger partial charge in [-0.05, 0) is 57.2 Å². The van der Waals surface area contributed by atoms with Crippen LogP contribution in [-0.4, -0.2) is 50.3 Å². The van der Waals surface area contributed by atoms with Gasteiger partial charge in [-0.3, -0.25) is 0 Å². The van der Waals surface area contributed by atoms with E-state index in [4.69, 9.17) is 23.7 Å². The van der Waals surface area contributed by atoms with Crippen LogP contribution in [0.2, 0.25) is 0 Å². The van der Waals surface area contributed by atoms with Crippen molar-refractivity contribution in [3.05, 3.63) is 65.2 Å². The fourth-order valence-electron chi connectivity index (χ4n) is 3.09. The van der Waals surface area contributed by atoms with Crippen molar-refractivity contribution in [2.24, 2.45) is 0 Å². The average Bonchev–Trinajstić information content (AvgIpc) is 3.04. The van der Waals surface area contributed by atoms with Crippen LogP contribution in [0.1, 0.15) is 40.1 Å². The van der Waals surface area contributed by atoms with E-state index in [0.29, 0.717) is 16.9 Å². The molecule has 0 radical (unpaired) electrons. The van der Waals surface area contributed by atoms with Gasteiger partial charge in [0, 0.05) is 0 Å². The molecule has 0 spiro atoms. The minimum atomic E-state index is -0.877. The molecule has 0 saturated carbocycles. The van der Waals surface area contributed by atoms with Crippen LogP contribution in [0, 0.1) is 6.92 Å². The van der Waals surface area contributed by atoms with Gasteiger partial charge in [-0.25, -0.2) is 9.59 Å². The normalized spacial score (nSPS) is 19.9. The number of esters is 2.